The van der Waals surface area contributed by atoms with E-state index < -0.39 is 0 Å². The van der Waals surface area contributed by atoms with Gasteiger partial charge in [0.25, 0.3) is 11.1 Å². The summed E-state index contributed by atoms with van der Waals surface area (Å²) in [7, 11) is 3.03. The molecular formula is C27H39ClN4O3S. The number of allylic oxidation sites excluding steroid dienone is 4. The van der Waals surface area contributed by atoms with E-state index in [2.05, 4.69) is 34.3 Å². The molecule has 0 aliphatic heterocycles. The number of aromatic nitrogens is 3. The first-order valence-electron chi connectivity index (χ1n) is 12.2. The Morgan fingerprint density at radius 2 is 1.69 bits per heavy atom. The van der Waals surface area contributed by atoms with E-state index in [-0.39, 0.29) is 5.91 Å². The van der Waals surface area contributed by atoms with Gasteiger partial charge in [0.2, 0.25) is 5.13 Å². The van der Waals surface area contributed by atoms with Crippen LogP contribution in [0.5, 0.6) is 10.9 Å². The van der Waals surface area contributed by atoms with Gasteiger partial charge in [0.1, 0.15) is 10.9 Å². The number of nitrogens with zero attached hydrogens (tertiary/aromatic N) is 3. The molecule has 1 N–H and O–H groups in total. The topological polar surface area (TPSA) is 86.2 Å². The Morgan fingerprint density at radius 3 is 2.17 bits per heavy atom. The Morgan fingerprint density at radius 1 is 1.08 bits per heavy atom. The second kappa shape index (κ2) is 17.7. The molecule has 1 amide bonds. The van der Waals surface area contributed by atoms with Gasteiger partial charge in [-0.15, -0.1) is 5.10 Å². The van der Waals surface area contributed by atoms with E-state index in [1.54, 1.807) is 19.1 Å². The highest BCUT2D eigenvalue weighted by molar-refractivity contribution is 7.17. The molecule has 0 radical (unpaired) electrons. The number of ether oxygens (including phenoxy) is 2. The van der Waals surface area contributed by atoms with Crippen LogP contribution in [-0.4, -0.2) is 35.3 Å². The van der Waals surface area contributed by atoms with Gasteiger partial charge in [0, 0.05) is 11.1 Å². The predicted molar refractivity (Wildman–Crippen MR) is 151 cm³/mol. The number of halogens is 1. The van der Waals surface area contributed by atoms with Crippen LogP contribution in [0, 0.1) is 0 Å². The number of methoxy groups -OCH3 is 2. The van der Waals surface area contributed by atoms with Crippen LogP contribution in [0.25, 0.3) is 5.57 Å². The first-order chi connectivity index (χ1) is 17.3. The minimum absolute atomic E-state index is 0.296. The predicted octanol–water partition coefficient (Wildman–Crippen LogP) is 7.91. The fourth-order valence-electron chi connectivity index (χ4n) is 3.20. The Bertz CT molecular complexity index is 1040. The highest BCUT2D eigenvalue weighted by Crippen LogP contribution is 2.34. The first-order valence-corrected chi connectivity index (χ1v) is 13.4. The Balaban J connectivity index is 0.000000692. The highest BCUT2D eigenvalue weighted by Gasteiger charge is 2.21. The maximum absolute atomic E-state index is 13.0. The van der Waals surface area contributed by atoms with Gasteiger partial charge in [-0.1, -0.05) is 92.9 Å². The summed E-state index contributed by atoms with van der Waals surface area (Å²) in [6.45, 7) is 9.89. The van der Waals surface area contributed by atoms with Gasteiger partial charge < -0.3 is 9.47 Å². The molecule has 0 bridgehead atoms. The van der Waals surface area contributed by atoms with Crippen molar-refractivity contribution in [2.75, 3.05) is 19.5 Å². The lowest BCUT2D eigenvalue weighted by atomic mass is 9.95. The van der Waals surface area contributed by atoms with Crippen LogP contribution < -0.4 is 14.8 Å². The molecule has 3 rings (SSSR count). The molecule has 1 saturated carbocycles. The van der Waals surface area contributed by atoms with Gasteiger partial charge in [0.15, 0.2) is 0 Å². The average molecular weight is 535 g/mol. The standard InChI is InChI=1S/C19H21ClN4O3S.C5H10.C3H8/c1-6-11(3)8-13(14-9-16(20)21-10-15(14)26-4)12(7-2)17(25)22-18-23-24-19(27-5)28-18;1-2-4-5-3-1;1-3-2/h6-10H,1-5H3,(H,22,23,25);1-5H2;3H2,1-2H3/b11-6+,12-7+,13-8+;;. The van der Waals surface area contributed by atoms with Crippen molar-refractivity contribution in [1.82, 2.24) is 15.2 Å². The molecule has 1 aliphatic rings. The summed E-state index contributed by atoms with van der Waals surface area (Å²) in [5.41, 5.74) is 2.70. The Hall–Kier alpha value is -2.71. The number of hydrogen-bond acceptors (Lipinski definition) is 7. The molecule has 198 valence electrons. The fraction of sp³-hybridized carbons (Fsp3) is 0.481. The monoisotopic (exact) mass is 534 g/mol. The fourth-order valence-corrected chi connectivity index (χ4v) is 3.92. The van der Waals surface area contributed by atoms with Crippen molar-refractivity contribution in [2.24, 2.45) is 0 Å². The molecular weight excluding hydrogens is 496 g/mol. The average Bonchev–Trinajstić information content (AvgIpc) is 3.59. The van der Waals surface area contributed by atoms with Crippen LogP contribution in [0.1, 0.15) is 78.7 Å². The van der Waals surface area contributed by atoms with Crippen molar-refractivity contribution in [2.45, 2.75) is 73.1 Å². The molecule has 1 fully saturated rings. The number of carbonyl (C=O) groups is 1. The van der Waals surface area contributed by atoms with Crippen molar-refractivity contribution < 1.29 is 14.3 Å². The number of amides is 1. The molecule has 9 heteroatoms. The molecule has 2 aromatic heterocycles. The zero-order valence-corrected chi connectivity index (χ0v) is 24.1. The maximum Gasteiger partial charge on any atom is 0.295 e. The number of nitrogens with one attached hydrogen (secondary N) is 1. The zero-order chi connectivity index (χ0) is 26.9. The quantitative estimate of drug-likeness (QED) is 0.220. The third kappa shape index (κ3) is 10.5. The summed E-state index contributed by atoms with van der Waals surface area (Å²) in [5.74, 6) is 0.163. The number of hydrogen-bond donors (Lipinski definition) is 1. The smallest absolute Gasteiger partial charge is 0.295 e. The van der Waals surface area contributed by atoms with Crippen LogP contribution in [0.3, 0.4) is 0 Å². The van der Waals surface area contributed by atoms with Crippen LogP contribution in [-0.2, 0) is 4.79 Å². The molecule has 2 aromatic rings. The van der Waals surface area contributed by atoms with Crippen LogP contribution in [0.4, 0.5) is 5.13 Å². The first kappa shape index (κ1) is 31.3. The summed E-state index contributed by atoms with van der Waals surface area (Å²) < 4.78 is 10.4. The summed E-state index contributed by atoms with van der Waals surface area (Å²) in [6, 6.07) is 1.67. The lowest BCUT2D eigenvalue weighted by Crippen LogP contribution is -2.16. The third-order valence-corrected chi connectivity index (χ3v) is 6.05. The largest absolute Gasteiger partial charge is 0.494 e. The van der Waals surface area contributed by atoms with E-state index in [4.69, 9.17) is 21.1 Å². The van der Waals surface area contributed by atoms with Crippen molar-refractivity contribution in [1.29, 1.82) is 0 Å². The number of anilines is 1. The number of rotatable bonds is 7. The lowest BCUT2D eigenvalue weighted by Gasteiger charge is -2.15. The highest BCUT2D eigenvalue weighted by atomic mass is 35.5. The van der Waals surface area contributed by atoms with Gasteiger partial charge in [-0.3, -0.25) is 10.1 Å². The molecule has 0 saturated heterocycles. The Kier molecular flexibility index (Phi) is 15.4. The van der Waals surface area contributed by atoms with E-state index >= 15 is 0 Å². The summed E-state index contributed by atoms with van der Waals surface area (Å²) >= 11 is 7.24. The van der Waals surface area contributed by atoms with Crippen molar-refractivity contribution >= 4 is 39.5 Å². The molecule has 0 aromatic carbocycles. The normalized spacial score (nSPS) is 13.7. The van der Waals surface area contributed by atoms with E-state index in [0.717, 1.165) is 16.9 Å². The third-order valence-electron chi connectivity index (χ3n) is 5.05. The second-order valence-corrected chi connectivity index (χ2v) is 9.33. The lowest BCUT2D eigenvalue weighted by molar-refractivity contribution is -0.112. The van der Waals surface area contributed by atoms with Gasteiger partial charge in [0.05, 0.1) is 20.4 Å². The summed E-state index contributed by atoms with van der Waals surface area (Å²) in [4.78, 5) is 17.0. The molecule has 7 nitrogen and oxygen atoms in total. The minimum Gasteiger partial charge on any atom is -0.494 e. The van der Waals surface area contributed by atoms with E-state index in [1.807, 2.05) is 26.0 Å². The van der Waals surface area contributed by atoms with Crippen LogP contribution in [0.15, 0.2) is 41.6 Å². The van der Waals surface area contributed by atoms with E-state index in [0.29, 0.717) is 37.9 Å². The molecule has 0 atom stereocenters. The van der Waals surface area contributed by atoms with Gasteiger partial charge >= 0.3 is 0 Å². The van der Waals surface area contributed by atoms with E-state index in [9.17, 15) is 4.79 Å². The molecule has 36 heavy (non-hydrogen) atoms. The number of pyridine rings is 1. The Labute approximate surface area is 224 Å². The summed E-state index contributed by atoms with van der Waals surface area (Å²) in [6.07, 6.45) is 15.8. The summed E-state index contributed by atoms with van der Waals surface area (Å²) in [5, 5.41) is 11.5. The van der Waals surface area contributed by atoms with E-state index in [1.165, 1.54) is 58.9 Å². The van der Waals surface area contributed by atoms with Gasteiger partial charge in [-0.05, 0) is 43.7 Å². The van der Waals surface area contributed by atoms with Crippen LogP contribution in [0.2, 0.25) is 5.15 Å². The second-order valence-electron chi connectivity index (χ2n) is 8.01. The van der Waals surface area contributed by atoms with Crippen LogP contribution >= 0.6 is 22.9 Å². The molecule has 0 unspecified atom stereocenters. The van der Waals surface area contributed by atoms with Crippen molar-refractivity contribution in [3.63, 3.8) is 0 Å². The van der Waals surface area contributed by atoms with Crippen molar-refractivity contribution in [3.05, 3.63) is 52.4 Å². The molecule has 0 spiro atoms. The van der Waals surface area contributed by atoms with Gasteiger partial charge in [-0.2, -0.15) is 0 Å². The molecule has 2 heterocycles. The van der Waals surface area contributed by atoms with Crippen molar-refractivity contribution in [3.8, 4) is 10.9 Å². The number of carbonyl (C=O) groups excluding carboxylic acids is 1. The molecule has 1 aliphatic carbocycles. The zero-order valence-electron chi connectivity index (χ0n) is 22.5. The maximum atomic E-state index is 13.0. The minimum atomic E-state index is -0.341. The van der Waals surface area contributed by atoms with Gasteiger partial charge in [-0.25, -0.2) is 4.98 Å². The SMILES string of the molecule is C/C=C(C)/C=C(\C(=C/C)C(=O)Nc1nnc(OC)s1)c1cc(Cl)ncc1OC.C1CCCC1.CCC.